The van der Waals surface area contributed by atoms with Gasteiger partial charge in [0, 0.05) is 13.2 Å². The molecule has 114 valence electrons. The standard InChI is InChI=1S/C15H32O3Si/c1-12(9-10-16)14-13(8-7-11-17-14)18-19(5,6)15(2,3)4/h12-14,16H,7-11H2,1-6H3/t12-,13+,14-/m0/s1. The molecular formula is C15H32O3Si. The van der Waals surface area contributed by atoms with E-state index in [1.807, 2.05) is 0 Å². The van der Waals surface area contributed by atoms with E-state index in [1.165, 1.54) is 0 Å². The molecule has 3 atom stereocenters. The first kappa shape index (κ1) is 17.1. The van der Waals surface area contributed by atoms with Crippen molar-refractivity contribution in [3.05, 3.63) is 0 Å². The zero-order chi connectivity index (χ0) is 14.7. The number of ether oxygens (including phenoxy) is 1. The molecule has 1 heterocycles. The Morgan fingerprint density at radius 2 is 2.00 bits per heavy atom. The zero-order valence-electron chi connectivity index (χ0n) is 13.5. The molecule has 0 aromatic carbocycles. The van der Waals surface area contributed by atoms with Gasteiger partial charge in [-0.1, -0.05) is 27.7 Å². The van der Waals surface area contributed by atoms with Crippen LogP contribution in [0, 0.1) is 5.92 Å². The largest absolute Gasteiger partial charge is 0.411 e. The fourth-order valence-electron chi connectivity index (χ4n) is 2.36. The molecule has 1 fully saturated rings. The molecule has 4 heteroatoms. The van der Waals surface area contributed by atoms with Gasteiger partial charge in [0.2, 0.25) is 0 Å². The fraction of sp³-hybridized carbons (Fsp3) is 1.00. The van der Waals surface area contributed by atoms with Crippen molar-refractivity contribution in [3.8, 4) is 0 Å². The maximum absolute atomic E-state index is 9.13. The van der Waals surface area contributed by atoms with Crippen LogP contribution in [0.5, 0.6) is 0 Å². The predicted octanol–water partition coefficient (Wildman–Crippen LogP) is 3.57. The second-order valence-corrected chi connectivity index (χ2v) is 12.1. The summed E-state index contributed by atoms with van der Waals surface area (Å²) in [6.45, 7) is 14.6. The van der Waals surface area contributed by atoms with Crippen molar-refractivity contribution in [1.29, 1.82) is 0 Å². The van der Waals surface area contributed by atoms with Crippen molar-refractivity contribution in [2.75, 3.05) is 13.2 Å². The van der Waals surface area contributed by atoms with Crippen LogP contribution in [0.4, 0.5) is 0 Å². The highest BCUT2D eigenvalue weighted by Crippen LogP contribution is 2.39. The van der Waals surface area contributed by atoms with Crippen LogP contribution in [0.3, 0.4) is 0 Å². The highest BCUT2D eigenvalue weighted by Gasteiger charge is 2.42. The summed E-state index contributed by atoms with van der Waals surface area (Å²) in [6, 6.07) is 0. The average molecular weight is 289 g/mol. The van der Waals surface area contributed by atoms with Gasteiger partial charge in [-0.05, 0) is 43.3 Å². The first-order valence-electron chi connectivity index (χ1n) is 7.59. The van der Waals surface area contributed by atoms with E-state index in [2.05, 4.69) is 40.8 Å². The maximum atomic E-state index is 9.13. The summed E-state index contributed by atoms with van der Waals surface area (Å²) in [4.78, 5) is 0. The number of aliphatic hydroxyl groups is 1. The van der Waals surface area contributed by atoms with Gasteiger partial charge >= 0.3 is 0 Å². The first-order chi connectivity index (χ1) is 8.69. The van der Waals surface area contributed by atoms with Crippen molar-refractivity contribution < 1.29 is 14.3 Å². The molecule has 1 aliphatic heterocycles. The average Bonchev–Trinajstić information content (AvgIpc) is 2.28. The summed E-state index contributed by atoms with van der Waals surface area (Å²) in [6.07, 6.45) is 3.32. The number of aliphatic hydroxyl groups excluding tert-OH is 1. The predicted molar refractivity (Wildman–Crippen MR) is 81.9 cm³/mol. The van der Waals surface area contributed by atoms with E-state index in [9.17, 15) is 0 Å². The molecule has 1 aliphatic rings. The minimum Gasteiger partial charge on any atom is -0.411 e. The maximum Gasteiger partial charge on any atom is 0.192 e. The van der Waals surface area contributed by atoms with Crippen LogP contribution in [0.15, 0.2) is 0 Å². The second kappa shape index (κ2) is 6.70. The first-order valence-corrected chi connectivity index (χ1v) is 10.5. The van der Waals surface area contributed by atoms with Crippen molar-refractivity contribution in [2.24, 2.45) is 5.92 Å². The molecule has 0 aliphatic carbocycles. The Morgan fingerprint density at radius 1 is 1.37 bits per heavy atom. The third-order valence-corrected chi connectivity index (χ3v) is 9.21. The van der Waals surface area contributed by atoms with Crippen LogP contribution in [-0.2, 0) is 9.16 Å². The van der Waals surface area contributed by atoms with Crippen LogP contribution in [0.25, 0.3) is 0 Å². The molecule has 0 unspecified atom stereocenters. The van der Waals surface area contributed by atoms with Gasteiger partial charge in [0.15, 0.2) is 8.32 Å². The molecule has 1 N–H and O–H groups in total. The molecule has 3 nitrogen and oxygen atoms in total. The summed E-state index contributed by atoms with van der Waals surface area (Å²) >= 11 is 0. The summed E-state index contributed by atoms with van der Waals surface area (Å²) in [5, 5.41) is 9.36. The fourth-order valence-corrected chi connectivity index (χ4v) is 3.72. The molecule has 1 saturated heterocycles. The van der Waals surface area contributed by atoms with E-state index in [0.717, 1.165) is 25.9 Å². The third kappa shape index (κ3) is 4.55. The Balaban J connectivity index is 2.72. The molecule has 0 amide bonds. The van der Waals surface area contributed by atoms with E-state index >= 15 is 0 Å². The number of hydrogen-bond donors (Lipinski definition) is 1. The summed E-state index contributed by atoms with van der Waals surface area (Å²) < 4.78 is 12.5. The van der Waals surface area contributed by atoms with Crippen LogP contribution in [0.2, 0.25) is 18.1 Å². The minimum absolute atomic E-state index is 0.148. The Kier molecular flexibility index (Phi) is 6.05. The zero-order valence-corrected chi connectivity index (χ0v) is 14.5. The Morgan fingerprint density at radius 3 is 2.53 bits per heavy atom. The third-order valence-electron chi connectivity index (χ3n) is 4.71. The Hall–Kier alpha value is 0.0969. The van der Waals surface area contributed by atoms with Gasteiger partial charge in [-0.3, -0.25) is 0 Å². The van der Waals surface area contributed by atoms with E-state index in [4.69, 9.17) is 14.3 Å². The molecular weight excluding hydrogens is 256 g/mol. The minimum atomic E-state index is -1.75. The van der Waals surface area contributed by atoms with E-state index in [-0.39, 0.29) is 23.9 Å². The van der Waals surface area contributed by atoms with Gasteiger partial charge in [-0.2, -0.15) is 0 Å². The lowest BCUT2D eigenvalue weighted by Gasteiger charge is -2.44. The van der Waals surface area contributed by atoms with Crippen molar-refractivity contribution >= 4 is 8.32 Å². The van der Waals surface area contributed by atoms with Crippen LogP contribution >= 0.6 is 0 Å². The molecule has 0 aromatic heterocycles. The molecule has 0 spiro atoms. The van der Waals surface area contributed by atoms with Gasteiger partial charge in [0.25, 0.3) is 0 Å². The Labute approximate surface area is 119 Å². The molecule has 19 heavy (non-hydrogen) atoms. The number of hydrogen-bond acceptors (Lipinski definition) is 3. The van der Waals surface area contributed by atoms with Crippen LogP contribution < -0.4 is 0 Å². The van der Waals surface area contributed by atoms with Gasteiger partial charge in [0.05, 0.1) is 12.2 Å². The highest BCUT2D eigenvalue weighted by molar-refractivity contribution is 6.74. The van der Waals surface area contributed by atoms with E-state index in [0.29, 0.717) is 5.92 Å². The SMILES string of the molecule is C[C@@H](CCO)[C@@H]1OCCC[C@H]1O[Si](C)(C)C(C)(C)C. The Bertz CT molecular complexity index is 273. The normalized spacial score (nSPS) is 27.3. The second-order valence-electron chi connectivity index (χ2n) is 7.38. The topological polar surface area (TPSA) is 38.7 Å². The van der Waals surface area contributed by atoms with Gasteiger partial charge in [-0.15, -0.1) is 0 Å². The summed E-state index contributed by atoms with van der Waals surface area (Å²) in [5.74, 6) is 0.361. The van der Waals surface area contributed by atoms with E-state index < -0.39 is 8.32 Å². The lowest BCUT2D eigenvalue weighted by atomic mass is 9.92. The summed E-state index contributed by atoms with van der Waals surface area (Å²) in [7, 11) is -1.75. The quantitative estimate of drug-likeness (QED) is 0.786. The highest BCUT2D eigenvalue weighted by atomic mass is 28.4. The lowest BCUT2D eigenvalue weighted by molar-refractivity contribution is -0.0949. The molecule has 0 aromatic rings. The molecule has 0 radical (unpaired) electrons. The number of rotatable bonds is 5. The van der Waals surface area contributed by atoms with E-state index in [1.54, 1.807) is 0 Å². The summed E-state index contributed by atoms with van der Waals surface area (Å²) in [5.41, 5.74) is 0. The van der Waals surface area contributed by atoms with Gasteiger partial charge in [-0.25, -0.2) is 0 Å². The monoisotopic (exact) mass is 288 g/mol. The molecule has 1 rings (SSSR count). The van der Waals surface area contributed by atoms with Crippen LogP contribution in [-0.4, -0.2) is 38.8 Å². The van der Waals surface area contributed by atoms with Crippen molar-refractivity contribution in [2.45, 2.75) is 77.3 Å². The van der Waals surface area contributed by atoms with Crippen molar-refractivity contribution in [1.82, 2.24) is 0 Å². The smallest absolute Gasteiger partial charge is 0.192 e. The van der Waals surface area contributed by atoms with Crippen LogP contribution in [0.1, 0.15) is 47.0 Å². The lowest BCUT2D eigenvalue weighted by Crippen LogP contribution is -2.50. The molecule has 0 bridgehead atoms. The van der Waals surface area contributed by atoms with Gasteiger partial charge < -0.3 is 14.3 Å². The van der Waals surface area contributed by atoms with Crippen molar-refractivity contribution in [3.63, 3.8) is 0 Å². The molecule has 0 saturated carbocycles. The van der Waals surface area contributed by atoms with Gasteiger partial charge in [0.1, 0.15) is 0 Å².